The number of fused-ring (bicyclic) bond motifs is 2. The highest BCUT2D eigenvalue weighted by Gasteiger charge is 2.24. The summed E-state index contributed by atoms with van der Waals surface area (Å²) in [5.41, 5.74) is 4.59. The number of rotatable bonds is 4. The quantitative estimate of drug-likeness (QED) is 0.459. The lowest BCUT2D eigenvalue weighted by Crippen LogP contribution is -2.31. The first kappa shape index (κ1) is 19.5. The number of anilines is 1. The topological polar surface area (TPSA) is 64.6 Å². The van der Waals surface area contributed by atoms with E-state index in [1.54, 1.807) is 29.3 Å². The molecule has 0 N–H and O–H groups in total. The summed E-state index contributed by atoms with van der Waals surface area (Å²) in [6.07, 6.45) is 1.73. The van der Waals surface area contributed by atoms with Crippen LogP contribution in [0.15, 0.2) is 54.7 Å². The van der Waals surface area contributed by atoms with Gasteiger partial charge in [-0.3, -0.25) is 14.7 Å². The lowest BCUT2D eigenvalue weighted by molar-refractivity contribution is 0.0983. The monoisotopic (exact) mass is 431 g/mol. The molecule has 0 unspecified atom stereocenters. The Morgan fingerprint density at radius 3 is 2.65 bits per heavy atom. The predicted molar refractivity (Wildman–Crippen MR) is 121 cm³/mol. The van der Waals surface area contributed by atoms with E-state index in [2.05, 4.69) is 31.0 Å². The molecule has 0 radical (unpaired) electrons. The molecule has 0 fully saturated rings. The second-order valence-electron chi connectivity index (χ2n) is 7.47. The lowest BCUT2D eigenvalue weighted by Gasteiger charge is -2.22. The van der Waals surface area contributed by atoms with Gasteiger partial charge in [-0.15, -0.1) is 0 Å². The van der Waals surface area contributed by atoms with E-state index in [1.165, 1.54) is 22.5 Å². The van der Waals surface area contributed by atoms with Gasteiger partial charge in [-0.2, -0.15) is 0 Å². The third kappa shape index (κ3) is 3.84. The molecular weight excluding hydrogens is 410 g/mol. The minimum absolute atomic E-state index is 0.157. The molecule has 3 heterocycles. The van der Waals surface area contributed by atoms with Crippen LogP contribution >= 0.6 is 11.3 Å². The molecule has 0 atom stereocenters. The molecule has 1 aliphatic rings. The van der Waals surface area contributed by atoms with Gasteiger partial charge in [0, 0.05) is 11.8 Å². The fourth-order valence-corrected chi connectivity index (χ4v) is 4.54. The normalized spacial score (nSPS) is 12.7. The Morgan fingerprint density at radius 2 is 1.84 bits per heavy atom. The summed E-state index contributed by atoms with van der Waals surface area (Å²) in [6.45, 7) is 5.46. The molecule has 156 valence electrons. The highest BCUT2D eigenvalue weighted by molar-refractivity contribution is 7.22. The summed E-state index contributed by atoms with van der Waals surface area (Å²) in [4.78, 5) is 24.5. The van der Waals surface area contributed by atoms with Crippen molar-refractivity contribution in [3.63, 3.8) is 0 Å². The van der Waals surface area contributed by atoms with E-state index in [4.69, 9.17) is 14.5 Å². The Kier molecular flexibility index (Phi) is 5.03. The minimum Gasteiger partial charge on any atom is -0.486 e. The van der Waals surface area contributed by atoms with E-state index in [9.17, 15) is 4.79 Å². The molecule has 1 aliphatic heterocycles. The zero-order valence-corrected chi connectivity index (χ0v) is 18.1. The van der Waals surface area contributed by atoms with Gasteiger partial charge in [-0.25, -0.2) is 4.98 Å². The van der Waals surface area contributed by atoms with E-state index in [0.717, 1.165) is 15.9 Å². The maximum atomic E-state index is 13.6. The number of ether oxygens (including phenoxy) is 2. The summed E-state index contributed by atoms with van der Waals surface area (Å²) < 4.78 is 12.3. The SMILES string of the molecule is Cc1cc2nc(N(Cc3ccccn3)C(=O)c3ccc4c(c3)OCCO4)sc2cc1C. The summed E-state index contributed by atoms with van der Waals surface area (Å²) in [5.74, 6) is 1.09. The Balaban J connectivity index is 1.56. The molecule has 0 spiro atoms. The molecule has 0 aliphatic carbocycles. The van der Waals surface area contributed by atoms with Crippen molar-refractivity contribution in [3.05, 3.63) is 77.1 Å². The summed E-state index contributed by atoms with van der Waals surface area (Å²) >= 11 is 1.51. The third-order valence-corrected chi connectivity index (χ3v) is 6.35. The Labute approximate surface area is 184 Å². The van der Waals surface area contributed by atoms with E-state index in [1.807, 2.05) is 18.2 Å². The standard InChI is InChI=1S/C24H21N3O3S/c1-15-11-19-22(12-16(15)2)31-24(26-19)27(14-18-5-3-4-8-25-18)23(28)17-6-7-20-21(13-17)30-10-9-29-20/h3-8,11-13H,9-10,14H2,1-2H3. The molecule has 31 heavy (non-hydrogen) atoms. The minimum atomic E-state index is -0.157. The highest BCUT2D eigenvalue weighted by Crippen LogP contribution is 2.34. The number of hydrogen-bond acceptors (Lipinski definition) is 6. The first-order valence-electron chi connectivity index (χ1n) is 10.1. The van der Waals surface area contributed by atoms with E-state index in [0.29, 0.717) is 42.0 Å². The largest absolute Gasteiger partial charge is 0.486 e. The molecule has 0 saturated carbocycles. The molecule has 7 heteroatoms. The fourth-order valence-electron chi connectivity index (χ4n) is 3.50. The number of thiazole rings is 1. The number of benzene rings is 2. The first-order chi connectivity index (χ1) is 15.1. The van der Waals surface area contributed by atoms with Gasteiger partial charge >= 0.3 is 0 Å². The van der Waals surface area contributed by atoms with Crippen molar-refractivity contribution >= 4 is 32.6 Å². The van der Waals surface area contributed by atoms with Gasteiger partial charge in [-0.1, -0.05) is 17.4 Å². The number of carbonyl (C=O) groups is 1. The van der Waals surface area contributed by atoms with Crippen molar-refractivity contribution in [2.75, 3.05) is 18.1 Å². The van der Waals surface area contributed by atoms with E-state index >= 15 is 0 Å². The number of aromatic nitrogens is 2. The van der Waals surface area contributed by atoms with Crippen molar-refractivity contribution in [1.82, 2.24) is 9.97 Å². The van der Waals surface area contributed by atoms with Crippen LogP contribution in [0.2, 0.25) is 0 Å². The number of nitrogens with zero attached hydrogens (tertiary/aromatic N) is 3. The highest BCUT2D eigenvalue weighted by atomic mass is 32.1. The maximum absolute atomic E-state index is 13.6. The number of carbonyl (C=O) groups excluding carboxylic acids is 1. The van der Waals surface area contributed by atoms with Crippen LogP contribution in [0.3, 0.4) is 0 Å². The molecule has 1 amide bonds. The van der Waals surface area contributed by atoms with Gasteiger partial charge in [0.05, 0.1) is 22.5 Å². The average molecular weight is 432 g/mol. The Bertz CT molecular complexity index is 1230. The van der Waals surface area contributed by atoms with Crippen LogP contribution in [0, 0.1) is 13.8 Å². The Hall–Kier alpha value is -3.45. The van der Waals surface area contributed by atoms with Crippen molar-refractivity contribution < 1.29 is 14.3 Å². The molecule has 0 saturated heterocycles. The van der Waals surface area contributed by atoms with Gasteiger partial charge in [0.1, 0.15) is 13.2 Å². The van der Waals surface area contributed by atoms with Crippen LogP contribution in [0.25, 0.3) is 10.2 Å². The first-order valence-corrected chi connectivity index (χ1v) is 10.9. The zero-order valence-electron chi connectivity index (χ0n) is 17.3. The van der Waals surface area contributed by atoms with Crippen molar-refractivity contribution in [1.29, 1.82) is 0 Å². The summed E-state index contributed by atoms with van der Waals surface area (Å²) in [6, 6.07) is 15.2. The van der Waals surface area contributed by atoms with Gasteiger partial charge in [-0.05, 0) is 67.4 Å². The number of amides is 1. The van der Waals surface area contributed by atoms with Gasteiger partial charge in [0.15, 0.2) is 16.6 Å². The van der Waals surface area contributed by atoms with Crippen molar-refractivity contribution in [2.24, 2.45) is 0 Å². The predicted octanol–water partition coefficient (Wildman–Crippen LogP) is 4.93. The number of hydrogen-bond donors (Lipinski definition) is 0. The van der Waals surface area contributed by atoms with Crippen molar-refractivity contribution in [3.8, 4) is 11.5 Å². The molecule has 5 rings (SSSR count). The molecule has 6 nitrogen and oxygen atoms in total. The van der Waals surface area contributed by atoms with Crippen LogP contribution in [0.5, 0.6) is 11.5 Å². The zero-order chi connectivity index (χ0) is 21.4. The molecule has 4 aromatic rings. The summed E-state index contributed by atoms with van der Waals surface area (Å²) in [5, 5.41) is 0.644. The van der Waals surface area contributed by atoms with Crippen LogP contribution in [0.4, 0.5) is 5.13 Å². The molecular formula is C24H21N3O3S. The van der Waals surface area contributed by atoms with Crippen molar-refractivity contribution in [2.45, 2.75) is 20.4 Å². The molecule has 2 aromatic carbocycles. The van der Waals surface area contributed by atoms with Crippen LogP contribution < -0.4 is 14.4 Å². The van der Waals surface area contributed by atoms with Gasteiger partial charge in [0.25, 0.3) is 5.91 Å². The smallest absolute Gasteiger partial charge is 0.260 e. The van der Waals surface area contributed by atoms with E-state index in [-0.39, 0.29) is 5.91 Å². The van der Waals surface area contributed by atoms with E-state index < -0.39 is 0 Å². The van der Waals surface area contributed by atoms with Crippen LogP contribution in [-0.4, -0.2) is 29.1 Å². The van der Waals surface area contributed by atoms with Gasteiger partial charge < -0.3 is 9.47 Å². The van der Waals surface area contributed by atoms with Crippen LogP contribution in [-0.2, 0) is 6.54 Å². The van der Waals surface area contributed by atoms with Gasteiger partial charge in [0.2, 0.25) is 0 Å². The fraction of sp³-hybridized carbons (Fsp3) is 0.208. The second-order valence-corrected chi connectivity index (χ2v) is 8.48. The second kappa shape index (κ2) is 8.00. The molecule has 0 bridgehead atoms. The number of aryl methyl sites for hydroxylation is 2. The number of pyridine rings is 1. The third-order valence-electron chi connectivity index (χ3n) is 5.30. The Morgan fingerprint density at radius 1 is 1.03 bits per heavy atom. The molecule has 2 aromatic heterocycles. The lowest BCUT2D eigenvalue weighted by atomic mass is 10.1. The summed E-state index contributed by atoms with van der Waals surface area (Å²) in [7, 11) is 0. The maximum Gasteiger partial charge on any atom is 0.260 e. The average Bonchev–Trinajstić information content (AvgIpc) is 3.20. The van der Waals surface area contributed by atoms with Crippen LogP contribution in [0.1, 0.15) is 27.2 Å².